The van der Waals surface area contributed by atoms with E-state index in [4.69, 9.17) is 9.47 Å². The van der Waals surface area contributed by atoms with Crippen molar-refractivity contribution >= 4 is 17.2 Å². The molecule has 7 heteroatoms. The van der Waals surface area contributed by atoms with Gasteiger partial charge in [0.15, 0.2) is 0 Å². The van der Waals surface area contributed by atoms with Gasteiger partial charge in [0.05, 0.1) is 19.9 Å². The van der Waals surface area contributed by atoms with E-state index in [1.165, 1.54) is 18.6 Å². The van der Waals surface area contributed by atoms with Crippen LogP contribution in [-0.4, -0.2) is 29.5 Å². The molecule has 2 heterocycles. The predicted molar refractivity (Wildman–Crippen MR) is 98.4 cm³/mol. The highest BCUT2D eigenvalue weighted by Gasteiger charge is 2.16. The number of ether oxygens (including phenoxy) is 2. The van der Waals surface area contributed by atoms with Gasteiger partial charge in [0, 0.05) is 17.8 Å². The molecule has 26 heavy (non-hydrogen) atoms. The summed E-state index contributed by atoms with van der Waals surface area (Å²) in [6.45, 7) is 3.57. The minimum atomic E-state index is -0.447. The Balaban J connectivity index is 2.03. The first-order valence-electron chi connectivity index (χ1n) is 7.97. The van der Waals surface area contributed by atoms with Gasteiger partial charge in [-0.15, -0.1) is 0 Å². The van der Waals surface area contributed by atoms with Crippen LogP contribution in [0.25, 0.3) is 5.65 Å². The number of benzene rings is 1. The van der Waals surface area contributed by atoms with Crippen molar-refractivity contribution in [1.29, 1.82) is 0 Å². The van der Waals surface area contributed by atoms with Crippen LogP contribution in [0.1, 0.15) is 21.6 Å². The van der Waals surface area contributed by atoms with Crippen LogP contribution < -0.4 is 20.3 Å². The smallest absolute Gasteiger partial charge is 0.281 e. The molecule has 0 fully saturated rings. The number of anilines is 1. The average Bonchev–Trinajstić information content (AvgIpc) is 2.65. The maximum Gasteiger partial charge on any atom is 0.281 e. The molecule has 1 aromatic carbocycles. The molecule has 1 N–H and O–H groups in total. The van der Waals surface area contributed by atoms with Crippen molar-refractivity contribution in [3.8, 4) is 11.5 Å². The summed E-state index contributed by atoms with van der Waals surface area (Å²) in [7, 11) is 3.01. The molecule has 0 saturated heterocycles. The van der Waals surface area contributed by atoms with Gasteiger partial charge in [-0.2, -0.15) is 0 Å². The standard InChI is InChI=1S/C19H19N3O4/c1-11-5-6-16-20-12(2)17(19(24)22(16)10-11)21-18(23)13-7-14(25-3)9-15(8-13)26-4/h5-10H,1-4H3,(H,21,23). The van der Waals surface area contributed by atoms with E-state index in [0.29, 0.717) is 28.4 Å². The number of carbonyl (C=O) groups is 1. The Morgan fingerprint density at radius 1 is 1.08 bits per heavy atom. The van der Waals surface area contributed by atoms with Crippen LogP contribution in [0, 0.1) is 13.8 Å². The number of nitrogens with zero attached hydrogens (tertiary/aromatic N) is 2. The molecule has 3 aromatic rings. The number of hydrogen-bond acceptors (Lipinski definition) is 5. The van der Waals surface area contributed by atoms with Gasteiger partial charge in [-0.3, -0.25) is 14.0 Å². The van der Waals surface area contributed by atoms with E-state index < -0.39 is 5.91 Å². The minimum Gasteiger partial charge on any atom is -0.497 e. The average molecular weight is 353 g/mol. The van der Waals surface area contributed by atoms with Crippen molar-refractivity contribution in [2.24, 2.45) is 0 Å². The first-order chi connectivity index (χ1) is 12.4. The van der Waals surface area contributed by atoms with E-state index in [-0.39, 0.29) is 11.2 Å². The van der Waals surface area contributed by atoms with E-state index >= 15 is 0 Å². The summed E-state index contributed by atoms with van der Waals surface area (Å²) in [5, 5.41) is 2.66. The summed E-state index contributed by atoms with van der Waals surface area (Å²) >= 11 is 0. The van der Waals surface area contributed by atoms with Crippen LogP contribution in [0.15, 0.2) is 41.3 Å². The summed E-state index contributed by atoms with van der Waals surface area (Å²) in [6.07, 6.45) is 1.69. The number of rotatable bonds is 4. The molecule has 3 rings (SSSR count). The van der Waals surface area contributed by atoms with Gasteiger partial charge in [-0.1, -0.05) is 6.07 Å². The van der Waals surface area contributed by atoms with Gasteiger partial charge >= 0.3 is 0 Å². The van der Waals surface area contributed by atoms with Gasteiger partial charge in [-0.25, -0.2) is 4.98 Å². The lowest BCUT2D eigenvalue weighted by Gasteiger charge is -2.11. The summed E-state index contributed by atoms with van der Waals surface area (Å²) in [6, 6.07) is 8.45. The number of carbonyl (C=O) groups excluding carboxylic acids is 1. The molecule has 7 nitrogen and oxygen atoms in total. The van der Waals surface area contributed by atoms with E-state index in [0.717, 1.165) is 5.56 Å². The van der Waals surface area contributed by atoms with Gasteiger partial charge in [0.25, 0.3) is 11.5 Å². The number of aryl methyl sites for hydroxylation is 2. The highest BCUT2D eigenvalue weighted by atomic mass is 16.5. The zero-order chi connectivity index (χ0) is 18.8. The van der Waals surface area contributed by atoms with Crippen LogP contribution in [0.4, 0.5) is 5.69 Å². The molecule has 0 spiro atoms. The van der Waals surface area contributed by atoms with Crippen LogP contribution in [0.2, 0.25) is 0 Å². The van der Waals surface area contributed by atoms with E-state index in [2.05, 4.69) is 10.3 Å². The Labute approximate surface area is 150 Å². The van der Waals surface area contributed by atoms with Crippen molar-refractivity contribution in [2.45, 2.75) is 13.8 Å². The van der Waals surface area contributed by atoms with E-state index in [1.54, 1.807) is 37.4 Å². The van der Waals surface area contributed by atoms with E-state index in [1.807, 2.05) is 13.0 Å². The third-order valence-electron chi connectivity index (χ3n) is 4.00. The Bertz CT molecular complexity index is 1030. The summed E-state index contributed by atoms with van der Waals surface area (Å²) < 4.78 is 11.8. The Kier molecular flexibility index (Phi) is 4.62. The highest BCUT2D eigenvalue weighted by molar-refractivity contribution is 6.05. The molecule has 1 amide bonds. The number of hydrogen-bond donors (Lipinski definition) is 1. The first-order valence-corrected chi connectivity index (χ1v) is 7.97. The third kappa shape index (κ3) is 3.23. The zero-order valence-electron chi connectivity index (χ0n) is 15.0. The molecule has 134 valence electrons. The van der Waals surface area contributed by atoms with E-state index in [9.17, 15) is 9.59 Å². The second-order valence-corrected chi connectivity index (χ2v) is 5.87. The van der Waals surface area contributed by atoms with Gasteiger partial charge < -0.3 is 14.8 Å². The van der Waals surface area contributed by atoms with Crippen molar-refractivity contribution in [1.82, 2.24) is 9.38 Å². The minimum absolute atomic E-state index is 0.139. The maximum atomic E-state index is 12.8. The molecule has 0 aliphatic rings. The topological polar surface area (TPSA) is 81.9 Å². The second kappa shape index (κ2) is 6.87. The van der Waals surface area contributed by atoms with Crippen LogP contribution in [0.5, 0.6) is 11.5 Å². The summed E-state index contributed by atoms with van der Waals surface area (Å²) in [5.74, 6) is 0.516. The Morgan fingerprint density at radius 3 is 2.35 bits per heavy atom. The lowest BCUT2D eigenvalue weighted by Crippen LogP contribution is -2.25. The van der Waals surface area contributed by atoms with Gasteiger partial charge in [0.2, 0.25) is 0 Å². The van der Waals surface area contributed by atoms with Gasteiger partial charge in [0.1, 0.15) is 22.8 Å². The van der Waals surface area contributed by atoms with Crippen LogP contribution in [-0.2, 0) is 0 Å². The SMILES string of the molecule is COc1cc(OC)cc(C(=O)Nc2c(C)nc3ccc(C)cn3c2=O)c1. The number of pyridine rings is 1. The maximum absolute atomic E-state index is 12.8. The number of methoxy groups -OCH3 is 2. The molecule has 0 aliphatic carbocycles. The predicted octanol–water partition coefficient (Wildman–Crippen LogP) is 2.58. The van der Waals surface area contributed by atoms with Crippen LogP contribution in [0.3, 0.4) is 0 Å². The molecule has 0 unspecified atom stereocenters. The molecule has 0 radical (unpaired) electrons. The van der Waals surface area contributed by atoms with Crippen molar-refractivity contribution in [3.05, 3.63) is 63.7 Å². The molecular formula is C19H19N3O4. The first kappa shape index (κ1) is 17.5. The fourth-order valence-corrected chi connectivity index (χ4v) is 2.62. The van der Waals surface area contributed by atoms with Crippen molar-refractivity contribution in [2.75, 3.05) is 19.5 Å². The highest BCUT2D eigenvalue weighted by Crippen LogP contribution is 2.23. The number of fused-ring (bicyclic) bond motifs is 1. The molecule has 0 bridgehead atoms. The number of aromatic nitrogens is 2. The molecule has 0 saturated carbocycles. The second-order valence-electron chi connectivity index (χ2n) is 5.87. The monoisotopic (exact) mass is 353 g/mol. The third-order valence-corrected chi connectivity index (χ3v) is 4.00. The normalized spacial score (nSPS) is 10.6. The fourth-order valence-electron chi connectivity index (χ4n) is 2.62. The fraction of sp³-hybridized carbons (Fsp3) is 0.211. The Hall–Kier alpha value is -3.35. The molecular weight excluding hydrogens is 334 g/mol. The number of amides is 1. The molecule has 2 aromatic heterocycles. The molecule has 0 aliphatic heterocycles. The summed E-state index contributed by atoms with van der Waals surface area (Å²) in [5.41, 5.74) is 2.01. The Morgan fingerprint density at radius 2 is 1.73 bits per heavy atom. The van der Waals surface area contributed by atoms with Crippen molar-refractivity contribution < 1.29 is 14.3 Å². The largest absolute Gasteiger partial charge is 0.497 e. The zero-order valence-corrected chi connectivity index (χ0v) is 15.0. The van der Waals surface area contributed by atoms with Crippen molar-refractivity contribution in [3.63, 3.8) is 0 Å². The lowest BCUT2D eigenvalue weighted by molar-refractivity contribution is 0.102. The van der Waals surface area contributed by atoms with Gasteiger partial charge in [-0.05, 0) is 37.6 Å². The number of nitrogens with one attached hydrogen (secondary N) is 1. The lowest BCUT2D eigenvalue weighted by atomic mass is 10.1. The van der Waals surface area contributed by atoms with Crippen LogP contribution >= 0.6 is 0 Å². The molecule has 0 atom stereocenters. The quantitative estimate of drug-likeness (QED) is 0.780. The summed E-state index contributed by atoms with van der Waals surface area (Å²) in [4.78, 5) is 29.8.